The van der Waals surface area contributed by atoms with Crippen molar-refractivity contribution in [1.29, 1.82) is 0 Å². The number of nitrogens with two attached hydrogens (primary N) is 1. The minimum Gasteiger partial charge on any atom is -0.490 e. The normalized spacial score (nSPS) is 13.1. The SMILES string of the molecule is CCOc1ccc(C(CC(C)(C)C)NN)cc1OCC. The molecule has 0 aliphatic carbocycles. The summed E-state index contributed by atoms with van der Waals surface area (Å²) in [7, 11) is 0. The van der Waals surface area contributed by atoms with Gasteiger partial charge in [-0.15, -0.1) is 0 Å². The molecule has 3 N–H and O–H groups in total. The minimum absolute atomic E-state index is 0.102. The predicted octanol–water partition coefficient (Wildman–Crippen LogP) is 3.42. The molecule has 0 heterocycles. The molecule has 1 aromatic rings. The van der Waals surface area contributed by atoms with Crippen LogP contribution >= 0.6 is 0 Å². The fourth-order valence-corrected chi connectivity index (χ4v) is 2.17. The molecule has 1 unspecified atom stereocenters. The lowest BCUT2D eigenvalue weighted by molar-refractivity contribution is 0.285. The second kappa shape index (κ2) is 7.50. The zero-order chi connectivity index (χ0) is 15.2. The van der Waals surface area contributed by atoms with Crippen LogP contribution in [0.5, 0.6) is 11.5 Å². The number of hydrazine groups is 1. The Labute approximate surface area is 122 Å². The van der Waals surface area contributed by atoms with E-state index in [9.17, 15) is 0 Å². The summed E-state index contributed by atoms with van der Waals surface area (Å²) in [5.41, 5.74) is 4.21. The van der Waals surface area contributed by atoms with Gasteiger partial charge in [-0.2, -0.15) is 0 Å². The van der Waals surface area contributed by atoms with Crippen LogP contribution in [0.4, 0.5) is 0 Å². The van der Waals surface area contributed by atoms with Gasteiger partial charge in [-0.3, -0.25) is 11.3 Å². The van der Waals surface area contributed by atoms with Gasteiger partial charge in [0.2, 0.25) is 0 Å². The lowest BCUT2D eigenvalue weighted by atomic mass is 9.85. The summed E-state index contributed by atoms with van der Waals surface area (Å²) in [6.07, 6.45) is 0.947. The van der Waals surface area contributed by atoms with Crippen LogP contribution in [0.2, 0.25) is 0 Å². The summed E-state index contributed by atoms with van der Waals surface area (Å²) in [6.45, 7) is 11.8. The Balaban J connectivity index is 3.01. The molecule has 114 valence electrons. The van der Waals surface area contributed by atoms with E-state index in [1.807, 2.05) is 32.0 Å². The van der Waals surface area contributed by atoms with E-state index in [1.165, 1.54) is 0 Å². The van der Waals surface area contributed by atoms with Gasteiger partial charge in [0.05, 0.1) is 13.2 Å². The Kier molecular flexibility index (Phi) is 6.30. The van der Waals surface area contributed by atoms with Crippen molar-refractivity contribution in [3.05, 3.63) is 23.8 Å². The largest absolute Gasteiger partial charge is 0.490 e. The van der Waals surface area contributed by atoms with Crippen molar-refractivity contribution in [2.45, 2.75) is 47.1 Å². The smallest absolute Gasteiger partial charge is 0.161 e. The molecule has 0 spiro atoms. The second-order valence-corrected chi connectivity index (χ2v) is 6.06. The fourth-order valence-electron chi connectivity index (χ4n) is 2.17. The van der Waals surface area contributed by atoms with Crippen LogP contribution in [-0.2, 0) is 0 Å². The molecule has 1 aromatic carbocycles. The molecule has 0 amide bonds. The average Bonchev–Trinajstić information content (AvgIpc) is 2.37. The molecule has 4 nitrogen and oxygen atoms in total. The van der Waals surface area contributed by atoms with Gasteiger partial charge >= 0.3 is 0 Å². The standard InChI is InChI=1S/C16H28N2O2/c1-6-19-14-9-8-12(10-15(14)20-7-2)13(18-17)11-16(3,4)5/h8-10,13,18H,6-7,11,17H2,1-5H3. The van der Waals surface area contributed by atoms with Gasteiger partial charge in [0, 0.05) is 6.04 Å². The summed E-state index contributed by atoms with van der Waals surface area (Å²) in [4.78, 5) is 0. The molecule has 0 aromatic heterocycles. The molecule has 0 radical (unpaired) electrons. The maximum absolute atomic E-state index is 5.71. The molecule has 4 heteroatoms. The highest BCUT2D eigenvalue weighted by Gasteiger charge is 2.20. The highest BCUT2D eigenvalue weighted by molar-refractivity contribution is 5.44. The van der Waals surface area contributed by atoms with E-state index in [2.05, 4.69) is 26.2 Å². The Morgan fingerprint density at radius 1 is 1.10 bits per heavy atom. The van der Waals surface area contributed by atoms with Crippen LogP contribution in [0.3, 0.4) is 0 Å². The van der Waals surface area contributed by atoms with Crippen LogP contribution in [0.25, 0.3) is 0 Å². The van der Waals surface area contributed by atoms with Gasteiger partial charge in [-0.25, -0.2) is 0 Å². The third-order valence-electron chi connectivity index (χ3n) is 2.99. The molecule has 0 aliphatic heterocycles. The van der Waals surface area contributed by atoms with E-state index < -0.39 is 0 Å². The molecule has 1 atom stereocenters. The third kappa shape index (κ3) is 5.02. The fraction of sp³-hybridized carbons (Fsp3) is 0.625. The number of nitrogens with one attached hydrogen (secondary N) is 1. The highest BCUT2D eigenvalue weighted by atomic mass is 16.5. The number of ether oxygens (including phenoxy) is 2. The first-order valence-corrected chi connectivity index (χ1v) is 7.27. The average molecular weight is 280 g/mol. The van der Waals surface area contributed by atoms with Gasteiger partial charge in [-0.05, 0) is 43.4 Å². The van der Waals surface area contributed by atoms with Crippen LogP contribution < -0.4 is 20.7 Å². The van der Waals surface area contributed by atoms with E-state index in [4.69, 9.17) is 15.3 Å². The van der Waals surface area contributed by atoms with E-state index in [1.54, 1.807) is 0 Å². The van der Waals surface area contributed by atoms with Crippen LogP contribution in [0.15, 0.2) is 18.2 Å². The van der Waals surface area contributed by atoms with Crippen molar-refractivity contribution in [2.75, 3.05) is 13.2 Å². The molecule has 20 heavy (non-hydrogen) atoms. The van der Waals surface area contributed by atoms with Crippen molar-refractivity contribution in [3.63, 3.8) is 0 Å². The maximum Gasteiger partial charge on any atom is 0.161 e. The molecule has 0 aliphatic rings. The van der Waals surface area contributed by atoms with Gasteiger partial charge in [0.1, 0.15) is 0 Å². The topological polar surface area (TPSA) is 56.5 Å². The van der Waals surface area contributed by atoms with Crippen molar-refractivity contribution < 1.29 is 9.47 Å². The lowest BCUT2D eigenvalue weighted by Gasteiger charge is -2.26. The zero-order valence-electron chi connectivity index (χ0n) is 13.3. The van der Waals surface area contributed by atoms with E-state index in [0.717, 1.165) is 23.5 Å². The third-order valence-corrected chi connectivity index (χ3v) is 2.99. The number of benzene rings is 1. The van der Waals surface area contributed by atoms with Crippen LogP contribution in [0.1, 0.15) is 52.6 Å². The Bertz CT molecular complexity index is 413. The van der Waals surface area contributed by atoms with Gasteiger partial charge < -0.3 is 9.47 Å². The minimum atomic E-state index is 0.102. The Hall–Kier alpha value is -1.26. The maximum atomic E-state index is 5.71. The van der Waals surface area contributed by atoms with E-state index in [0.29, 0.717) is 13.2 Å². The monoisotopic (exact) mass is 280 g/mol. The Morgan fingerprint density at radius 2 is 1.70 bits per heavy atom. The first kappa shape index (κ1) is 16.8. The summed E-state index contributed by atoms with van der Waals surface area (Å²) in [5.74, 6) is 7.27. The summed E-state index contributed by atoms with van der Waals surface area (Å²) < 4.78 is 11.2. The number of rotatable bonds is 7. The van der Waals surface area contributed by atoms with Gasteiger partial charge in [0.15, 0.2) is 11.5 Å². The van der Waals surface area contributed by atoms with Crippen molar-refractivity contribution in [2.24, 2.45) is 11.3 Å². The van der Waals surface area contributed by atoms with Crippen LogP contribution in [0, 0.1) is 5.41 Å². The van der Waals surface area contributed by atoms with Crippen molar-refractivity contribution >= 4 is 0 Å². The summed E-state index contributed by atoms with van der Waals surface area (Å²) >= 11 is 0. The first-order chi connectivity index (χ1) is 9.41. The molecule has 0 saturated heterocycles. The molecule has 0 fully saturated rings. The van der Waals surface area contributed by atoms with Crippen LogP contribution in [-0.4, -0.2) is 13.2 Å². The van der Waals surface area contributed by atoms with Crippen molar-refractivity contribution in [1.82, 2.24) is 5.43 Å². The van der Waals surface area contributed by atoms with Gasteiger partial charge in [0.25, 0.3) is 0 Å². The molecule has 1 rings (SSSR count). The quantitative estimate of drug-likeness (QED) is 0.593. The molecular formula is C16H28N2O2. The first-order valence-electron chi connectivity index (χ1n) is 7.27. The van der Waals surface area contributed by atoms with E-state index >= 15 is 0 Å². The molecule has 0 bridgehead atoms. The predicted molar refractivity (Wildman–Crippen MR) is 82.9 cm³/mol. The van der Waals surface area contributed by atoms with Crippen molar-refractivity contribution in [3.8, 4) is 11.5 Å². The highest BCUT2D eigenvalue weighted by Crippen LogP contribution is 2.34. The molecule has 0 saturated carbocycles. The number of hydrogen-bond acceptors (Lipinski definition) is 4. The molecular weight excluding hydrogens is 252 g/mol. The second-order valence-electron chi connectivity index (χ2n) is 6.06. The zero-order valence-corrected chi connectivity index (χ0v) is 13.3. The van der Waals surface area contributed by atoms with Gasteiger partial charge in [-0.1, -0.05) is 26.8 Å². The van der Waals surface area contributed by atoms with E-state index in [-0.39, 0.29) is 11.5 Å². The number of hydrogen-bond donors (Lipinski definition) is 2. The summed E-state index contributed by atoms with van der Waals surface area (Å²) in [6, 6.07) is 6.12. The lowest BCUT2D eigenvalue weighted by Crippen LogP contribution is -2.31. The summed E-state index contributed by atoms with van der Waals surface area (Å²) in [5, 5.41) is 0. The Morgan fingerprint density at radius 3 is 2.20 bits per heavy atom.